The second kappa shape index (κ2) is 9.33. The molecule has 7 heteroatoms. The van der Waals surface area contributed by atoms with Crippen molar-refractivity contribution in [3.8, 4) is 11.5 Å². The molecular weight excluding hydrogens is 413 g/mol. The highest BCUT2D eigenvalue weighted by Crippen LogP contribution is 2.32. The summed E-state index contributed by atoms with van der Waals surface area (Å²) >= 11 is 12.1. The van der Waals surface area contributed by atoms with E-state index < -0.39 is 5.97 Å². The number of esters is 1. The molecule has 1 unspecified atom stereocenters. The fourth-order valence-corrected chi connectivity index (χ4v) is 3.11. The van der Waals surface area contributed by atoms with Crippen molar-refractivity contribution < 1.29 is 19.0 Å². The van der Waals surface area contributed by atoms with Crippen LogP contribution in [0.4, 0.5) is 0 Å². The molecular formula is C22H21Cl2NO4. The van der Waals surface area contributed by atoms with Crippen molar-refractivity contribution in [2.75, 3.05) is 6.61 Å². The van der Waals surface area contributed by atoms with E-state index in [2.05, 4.69) is 11.9 Å². The first-order chi connectivity index (χ1) is 13.9. The average molecular weight is 434 g/mol. The maximum Gasteiger partial charge on any atom is 0.363 e. The molecule has 0 amide bonds. The van der Waals surface area contributed by atoms with Crippen molar-refractivity contribution in [3.05, 3.63) is 63.3 Å². The van der Waals surface area contributed by atoms with E-state index in [1.807, 2.05) is 32.0 Å². The number of benzene rings is 2. The summed E-state index contributed by atoms with van der Waals surface area (Å²) in [4.78, 5) is 16.6. The third-order valence-corrected chi connectivity index (χ3v) is 4.80. The highest BCUT2D eigenvalue weighted by Gasteiger charge is 2.26. The summed E-state index contributed by atoms with van der Waals surface area (Å²) in [5.41, 5.74) is 1.41. The van der Waals surface area contributed by atoms with Crippen molar-refractivity contribution in [3.63, 3.8) is 0 Å². The van der Waals surface area contributed by atoms with Gasteiger partial charge in [0.2, 0.25) is 5.90 Å². The van der Waals surface area contributed by atoms with Gasteiger partial charge in [0.25, 0.3) is 0 Å². The van der Waals surface area contributed by atoms with Gasteiger partial charge in [-0.1, -0.05) is 36.2 Å². The van der Waals surface area contributed by atoms with Crippen LogP contribution in [0.15, 0.2) is 47.1 Å². The summed E-state index contributed by atoms with van der Waals surface area (Å²) in [7, 11) is 0. The molecule has 2 aromatic rings. The lowest BCUT2D eigenvalue weighted by atomic mass is 10.1. The first-order valence-electron chi connectivity index (χ1n) is 9.32. The molecule has 0 spiro atoms. The number of rotatable bonds is 7. The second-order valence-corrected chi connectivity index (χ2v) is 7.28. The van der Waals surface area contributed by atoms with Crippen LogP contribution in [0, 0.1) is 0 Å². The Morgan fingerprint density at radius 1 is 1.14 bits per heavy atom. The van der Waals surface area contributed by atoms with Gasteiger partial charge in [-0.25, -0.2) is 9.79 Å². The number of carbonyl (C=O) groups is 1. The monoisotopic (exact) mass is 433 g/mol. The predicted molar refractivity (Wildman–Crippen MR) is 115 cm³/mol. The van der Waals surface area contributed by atoms with E-state index in [-0.39, 0.29) is 17.7 Å². The molecule has 3 rings (SSSR count). The Kier molecular flexibility index (Phi) is 6.83. The molecule has 0 bridgehead atoms. The zero-order valence-electron chi connectivity index (χ0n) is 16.4. The zero-order valence-corrected chi connectivity index (χ0v) is 17.9. The zero-order chi connectivity index (χ0) is 21.0. The molecule has 152 valence electrons. The van der Waals surface area contributed by atoms with Gasteiger partial charge < -0.3 is 14.2 Å². The average Bonchev–Trinajstić information content (AvgIpc) is 3.04. The van der Waals surface area contributed by atoms with Crippen LogP contribution >= 0.6 is 23.2 Å². The Morgan fingerprint density at radius 2 is 1.93 bits per heavy atom. The summed E-state index contributed by atoms with van der Waals surface area (Å²) in [6.45, 7) is 6.45. The lowest BCUT2D eigenvalue weighted by Gasteiger charge is -2.16. The quantitative estimate of drug-likeness (QED) is 0.401. The molecule has 1 atom stereocenters. The number of hydrogen-bond donors (Lipinski definition) is 0. The van der Waals surface area contributed by atoms with Gasteiger partial charge in [0.15, 0.2) is 17.2 Å². The minimum Gasteiger partial charge on any atom is -0.490 e. The number of hydrogen-bond acceptors (Lipinski definition) is 5. The lowest BCUT2D eigenvalue weighted by Crippen LogP contribution is -2.10. The highest BCUT2D eigenvalue weighted by atomic mass is 35.5. The molecule has 0 aromatic heterocycles. The van der Waals surface area contributed by atoms with Gasteiger partial charge in [-0.15, -0.1) is 0 Å². The van der Waals surface area contributed by atoms with E-state index in [1.165, 1.54) is 0 Å². The number of ether oxygens (including phenoxy) is 3. The summed E-state index contributed by atoms with van der Waals surface area (Å²) in [5, 5.41) is 0.845. The summed E-state index contributed by atoms with van der Waals surface area (Å²) < 4.78 is 16.9. The third kappa shape index (κ3) is 5.11. The Balaban J connectivity index is 1.91. The molecule has 0 N–H and O–H groups in total. The largest absolute Gasteiger partial charge is 0.490 e. The molecule has 2 aromatic carbocycles. The van der Waals surface area contributed by atoms with Crippen LogP contribution in [-0.4, -0.2) is 24.6 Å². The van der Waals surface area contributed by atoms with Crippen LogP contribution in [0.1, 0.15) is 38.3 Å². The van der Waals surface area contributed by atoms with E-state index in [9.17, 15) is 4.79 Å². The van der Waals surface area contributed by atoms with Gasteiger partial charge in [-0.2, -0.15) is 0 Å². The van der Waals surface area contributed by atoms with Crippen LogP contribution in [0.2, 0.25) is 10.0 Å². The van der Waals surface area contributed by atoms with E-state index in [4.69, 9.17) is 37.4 Å². The summed E-state index contributed by atoms with van der Waals surface area (Å²) in [6.07, 6.45) is 2.59. The maximum absolute atomic E-state index is 12.3. The van der Waals surface area contributed by atoms with Crippen molar-refractivity contribution in [1.29, 1.82) is 0 Å². The van der Waals surface area contributed by atoms with Crippen molar-refractivity contribution >= 4 is 41.1 Å². The normalized spacial score (nSPS) is 15.8. The Hall–Kier alpha value is -2.50. The molecule has 1 heterocycles. The van der Waals surface area contributed by atoms with Crippen molar-refractivity contribution in [2.45, 2.75) is 33.3 Å². The van der Waals surface area contributed by atoms with Gasteiger partial charge in [0, 0.05) is 5.02 Å². The smallest absolute Gasteiger partial charge is 0.363 e. The molecule has 0 saturated heterocycles. The Morgan fingerprint density at radius 3 is 2.62 bits per heavy atom. The Bertz CT molecular complexity index is 985. The number of cyclic esters (lactones) is 1. The Labute approximate surface area is 179 Å². The molecule has 1 aliphatic rings. The van der Waals surface area contributed by atoms with E-state index in [0.29, 0.717) is 33.7 Å². The third-order valence-electron chi connectivity index (χ3n) is 4.26. The summed E-state index contributed by atoms with van der Waals surface area (Å²) in [5.74, 6) is 0.863. The van der Waals surface area contributed by atoms with Crippen LogP contribution in [-0.2, 0) is 9.53 Å². The molecule has 0 saturated carbocycles. The van der Waals surface area contributed by atoms with Crippen LogP contribution in [0.5, 0.6) is 11.5 Å². The first kappa shape index (κ1) is 21.2. The minimum atomic E-state index is -0.552. The molecule has 5 nitrogen and oxygen atoms in total. The number of aliphatic imine (C=N–C) groups is 1. The number of nitrogens with zero attached hydrogens (tertiary/aromatic N) is 1. The first-order valence-corrected chi connectivity index (χ1v) is 10.1. The van der Waals surface area contributed by atoms with E-state index in [0.717, 1.165) is 12.0 Å². The minimum absolute atomic E-state index is 0.0690. The van der Waals surface area contributed by atoms with E-state index >= 15 is 0 Å². The molecule has 1 aliphatic heterocycles. The molecule has 0 fully saturated rings. The van der Waals surface area contributed by atoms with Gasteiger partial charge in [-0.05, 0) is 62.2 Å². The van der Waals surface area contributed by atoms with Gasteiger partial charge in [0.05, 0.1) is 23.3 Å². The maximum atomic E-state index is 12.3. The van der Waals surface area contributed by atoms with Gasteiger partial charge in [-0.3, -0.25) is 0 Å². The van der Waals surface area contributed by atoms with Crippen molar-refractivity contribution in [2.24, 2.45) is 4.99 Å². The molecule has 0 radical (unpaired) electrons. The lowest BCUT2D eigenvalue weighted by molar-refractivity contribution is -0.129. The number of halogens is 2. The number of carbonyl (C=O) groups excluding carboxylic acids is 1. The molecule has 29 heavy (non-hydrogen) atoms. The predicted octanol–water partition coefficient (Wildman–Crippen LogP) is 5.91. The van der Waals surface area contributed by atoms with Gasteiger partial charge in [0.1, 0.15) is 0 Å². The van der Waals surface area contributed by atoms with Crippen LogP contribution < -0.4 is 9.47 Å². The second-order valence-electron chi connectivity index (χ2n) is 6.44. The van der Waals surface area contributed by atoms with Crippen molar-refractivity contribution in [1.82, 2.24) is 0 Å². The van der Waals surface area contributed by atoms with Crippen LogP contribution in [0.3, 0.4) is 0 Å². The summed E-state index contributed by atoms with van der Waals surface area (Å²) in [6, 6.07) is 10.4. The highest BCUT2D eigenvalue weighted by molar-refractivity contribution is 6.37. The fraction of sp³-hybridized carbons (Fsp3) is 0.273. The van der Waals surface area contributed by atoms with Gasteiger partial charge >= 0.3 is 5.97 Å². The standard InChI is InChI=1S/C22H21Cl2NO4/c1-4-13(3)28-19-9-6-14(11-20(19)27-5-2)10-18-22(26)29-21(25-18)16-8-7-15(23)12-17(16)24/h6-13H,4-5H2,1-3H3/b18-10-. The van der Waals surface area contributed by atoms with Crippen LogP contribution in [0.25, 0.3) is 6.08 Å². The topological polar surface area (TPSA) is 57.1 Å². The van der Waals surface area contributed by atoms with E-state index in [1.54, 1.807) is 24.3 Å². The SMILES string of the molecule is CCOc1cc(/C=C2\N=C(c3ccc(Cl)cc3Cl)OC2=O)ccc1OC(C)CC. The fourth-order valence-electron chi connectivity index (χ4n) is 2.63. The molecule has 0 aliphatic carbocycles.